The largest absolute Gasteiger partial charge is 0.317 e. The predicted octanol–water partition coefficient (Wildman–Crippen LogP) is 3.67. The van der Waals surface area contributed by atoms with Gasteiger partial charge in [-0.15, -0.1) is 0 Å². The van der Waals surface area contributed by atoms with E-state index in [2.05, 4.69) is 26.5 Å². The molecule has 0 spiro atoms. The van der Waals surface area contributed by atoms with Gasteiger partial charge in [0.25, 0.3) is 5.91 Å². The van der Waals surface area contributed by atoms with Crippen molar-refractivity contribution in [3.05, 3.63) is 84.3 Å². The van der Waals surface area contributed by atoms with Crippen molar-refractivity contribution in [1.29, 1.82) is 5.26 Å². The smallest absolute Gasteiger partial charge is 0.274 e. The Morgan fingerprint density at radius 2 is 1.83 bits per heavy atom. The van der Waals surface area contributed by atoms with Gasteiger partial charge in [0, 0.05) is 25.0 Å². The molecule has 140 valence electrons. The van der Waals surface area contributed by atoms with Crippen LogP contribution in [0.3, 0.4) is 0 Å². The van der Waals surface area contributed by atoms with E-state index < -0.39 is 0 Å². The second-order valence-electron chi connectivity index (χ2n) is 6.33. The fraction of sp³-hybridized carbons (Fsp3) is 0.0455. The molecule has 7 heteroatoms. The third-order valence-electron chi connectivity index (χ3n) is 4.28. The first kappa shape index (κ1) is 18.1. The molecule has 1 N–H and O–H groups in total. The fourth-order valence-corrected chi connectivity index (χ4v) is 2.90. The van der Waals surface area contributed by atoms with Gasteiger partial charge in [-0.25, -0.2) is 4.98 Å². The van der Waals surface area contributed by atoms with E-state index in [1.165, 1.54) is 0 Å². The van der Waals surface area contributed by atoms with Crippen LogP contribution in [0.2, 0.25) is 0 Å². The first-order valence-electron chi connectivity index (χ1n) is 8.88. The van der Waals surface area contributed by atoms with Crippen LogP contribution < -0.4 is 5.32 Å². The second kappa shape index (κ2) is 7.74. The van der Waals surface area contributed by atoms with E-state index in [0.717, 1.165) is 5.56 Å². The molecule has 0 aliphatic carbocycles. The topological polar surface area (TPSA) is 96.5 Å². The minimum atomic E-state index is -0.342. The Morgan fingerprint density at radius 1 is 1.03 bits per heavy atom. The van der Waals surface area contributed by atoms with Crippen molar-refractivity contribution in [2.24, 2.45) is 7.05 Å². The van der Waals surface area contributed by atoms with E-state index >= 15 is 0 Å². The average Bonchev–Trinajstić information content (AvgIpc) is 3.14. The Morgan fingerprint density at radius 3 is 2.55 bits per heavy atom. The van der Waals surface area contributed by atoms with E-state index in [9.17, 15) is 4.79 Å². The molecule has 0 aliphatic heterocycles. The minimum Gasteiger partial charge on any atom is -0.317 e. The predicted molar refractivity (Wildman–Crippen MR) is 109 cm³/mol. The van der Waals surface area contributed by atoms with Gasteiger partial charge < -0.3 is 5.32 Å². The number of pyridine rings is 2. The molecule has 0 atom stereocenters. The van der Waals surface area contributed by atoms with Gasteiger partial charge >= 0.3 is 0 Å². The summed E-state index contributed by atoms with van der Waals surface area (Å²) in [5.74, 6) is -0.342. The number of nitrogens with zero attached hydrogens (tertiary/aromatic N) is 5. The first-order valence-corrected chi connectivity index (χ1v) is 8.88. The molecule has 0 saturated carbocycles. The van der Waals surface area contributed by atoms with Crippen molar-refractivity contribution < 1.29 is 4.79 Å². The summed E-state index contributed by atoms with van der Waals surface area (Å²) in [5.41, 5.74) is 4.14. The summed E-state index contributed by atoms with van der Waals surface area (Å²) in [6.45, 7) is 0. The molecule has 4 aromatic rings. The summed E-state index contributed by atoms with van der Waals surface area (Å²) in [6, 6.07) is 19.9. The summed E-state index contributed by atoms with van der Waals surface area (Å²) in [7, 11) is 1.78. The molecule has 0 aliphatic rings. The maximum Gasteiger partial charge on any atom is 0.274 e. The lowest BCUT2D eigenvalue weighted by Gasteiger charge is -2.07. The highest BCUT2D eigenvalue weighted by Crippen LogP contribution is 2.25. The number of amides is 1. The van der Waals surface area contributed by atoms with Gasteiger partial charge in [0.1, 0.15) is 11.4 Å². The van der Waals surface area contributed by atoms with Crippen LogP contribution in [0, 0.1) is 11.3 Å². The van der Waals surface area contributed by atoms with Gasteiger partial charge in [0.05, 0.1) is 28.7 Å². The number of anilines is 1. The molecule has 0 unspecified atom stereocenters. The van der Waals surface area contributed by atoms with Crippen molar-refractivity contribution in [3.8, 4) is 28.7 Å². The Hall–Kier alpha value is -4.31. The van der Waals surface area contributed by atoms with E-state index in [-0.39, 0.29) is 11.6 Å². The minimum absolute atomic E-state index is 0.280. The summed E-state index contributed by atoms with van der Waals surface area (Å²) >= 11 is 0. The third-order valence-corrected chi connectivity index (χ3v) is 4.28. The number of nitrogens with one attached hydrogen (secondary N) is 1. The van der Waals surface area contributed by atoms with Crippen molar-refractivity contribution >= 4 is 11.6 Å². The van der Waals surface area contributed by atoms with Gasteiger partial charge in [0.15, 0.2) is 0 Å². The number of nitriles is 1. The van der Waals surface area contributed by atoms with E-state index in [0.29, 0.717) is 28.3 Å². The summed E-state index contributed by atoms with van der Waals surface area (Å²) in [5, 5.41) is 16.2. The average molecular weight is 380 g/mol. The second-order valence-corrected chi connectivity index (χ2v) is 6.33. The number of rotatable bonds is 4. The highest BCUT2D eigenvalue weighted by Gasteiger charge is 2.16. The first-order chi connectivity index (χ1) is 14.1. The van der Waals surface area contributed by atoms with Gasteiger partial charge in [-0.3, -0.25) is 14.5 Å². The van der Waals surface area contributed by atoms with Crippen molar-refractivity contribution in [3.63, 3.8) is 0 Å². The zero-order valence-corrected chi connectivity index (χ0v) is 15.6. The van der Waals surface area contributed by atoms with Crippen LogP contribution in [0.5, 0.6) is 0 Å². The van der Waals surface area contributed by atoms with Crippen LogP contribution in [-0.2, 0) is 7.05 Å². The van der Waals surface area contributed by atoms with Crippen LogP contribution in [0.25, 0.3) is 22.6 Å². The highest BCUT2D eigenvalue weighted by atomic mass is 16.1. The fourth-order valence-electron chi connectivity index (χ4n) is 2.90. The number of hydrogen-bond donors (Lipinski definition) is 1. The van der Waals surface area contributed by atoms with Gasteiger partial charge in [-0.05, 0) is 36.4 Å². The van der Waals surface area contributed by atoms with Crippen molar-refractivity contribution in [2.75, 3.05) is 5.32 Å². The molecule has 0 bridgehead atoms. The standard InChI is InChI=1S/C22H16N6O/c1-28-14-20(21(27-28)18-5-2-3-12-24-18)26-22(29)19-7-4-6-17(25-19)16-10-8-15(13-23)9-11-16/h2-12,14H,1H3,(H,26,29). The lowest BCUT2D eigenvalue weighted by Crippen LogP contribution is -2.14. The molecule has 1 aromatic carbocycles. The van der Waals surface area contributed by atoms with E-state index in [1.54, 1.807) is 48.4 Å². The molecule has 0 radical (unpaired) electrons. The molecule has 3 heterocycles. The number of hydrogen-bond acceptors (Lipinski definition) is 5. The maximum atomic E-state index is 12.8. The Bertz CT molecular complexity index is 1210. The summed E-state index contributed by atoms with van der Waals surface area (Å²) in [4.78, 5) is 21.6. The molecule has 3 aromatic heterocycles. The van der Waals surface area contributed by atoms with E-state index in [4.69, 9.17) is 5.26 Å². The molecule has 0 saturated heterocycles. The Labute approximate surface area is 167 Å². The highest BCUT2D eigenvalue weighted by molar-refractivity contribution is 6.04. The molecule has 1 amide bonds. The van der Waals surface area contributed by atoms with Crippen molar-refractivity contribution in [2.45, 2.75) is 0 Å². The summed E-state index contributed by atoms with van der Waals surface area (Å²) in [6.07, 6.45) is 3.41. The van der Waals surface area contributed by atoms with Crippen LogP contribution >= 0.6 is 0 Å². The normalized spacial score (nSPS) is 10.3. The van der Waals surface area contributed by atoms with Gasteiger partial charge in [-0.2, -0.15) is 10.4 Å². The van der Waals surface area contributed by atoms with Gasteiger partial charge in [0.2, 0.25) is 0 Å². The monoisotopic (exact) mass is 380 g/mol. The quantitative estimate of drug-likeness (QED) is 0.583. The number of carbonyl (C=O) groups excluding carboxylic acids is 1. The third kappa shape index (κ3) is 3.87. The lowest BCUT2D eigenvalue weighted by molar-refractivity contribution is 0.102. The zero-order valence-electron chi connectivity index (χ0n) is 15.6. The van der Waals surface area contributed by atoms with Gasteiger partial charge in [-0.1, -0.05) is 24.3 Å². The zero-order chi connectivity index (χ0) is 20.2. The summed E-state index contributed by atoms with van der Waals surface area (Å²) < 4.78 is 1.63. The molecule has 29 heavy (non-hydrogen) atoms. The molecule has 4 rings (SSSR count). The van der Waals surface area contributed by atoms with Crippen LogP contribution in [-0.4, -0.2) is 25.7 Å². The van der Waals surface area contributed by atoms with Crippen LogP contribution in [0.1, 0.15) is 16.1 Å². The molecular formula is C22H16N6O. The van der Waals surface area contributed by atoms with E-state index in [1.807, 2.05) is 36.4 Å². The van der Waals surface area contributed by atoms with Crippen molar-refractivity contribution in [1.82, 2.24) is 19.7 Å². The number of carbonyl (C=O) groups is 1. The maximum absolute atomic E-state index is 12.8. The SMILES string of the molecule is Cn1cc(NC(=O)c2cccc(-c3ccc(C#N)cc3)n2)c(-c2ccccn2)n1. The number of aromatic nitrogens is 4. The number of benzene rings is 1. The Balaban J connectivity index is 1.61. The molecular weight excluding hydrogens is 364 g/mol. The van der Waals surface area contributed by atoms with Crippen LogP contribution in [0.15, 0.2) is 73.1 Å². The number of aryl methyl sites for hydroxylation is 1. The molecule has 7 nitrogen and oxygen atoms in total. The molecule has 0 fully saturated rings. The van der Waals surface area contributed by atoms with Crippen LogP contribution in [0.4, 0.5) is 5.69 Å². The Kier molecular flexibility index (Phi) is 4.82. The lowest BCUT2D eigenvalue weighted by atomic mass is 10.1.